The molecule has 0 radical (unpaired) electrons. The fourth-order valence-corrected chi connectivity index (χ4v) is 2.84. The van der Waals surface area contributed by atoms with Gasteiger partial charge in [0.25, 0.3) is 0 Å². The smallest absolute Gasteiger partial charge is 0.334 e. The number of carboxylic acids is 2. The van der Waals surface area contributed by atoms with Crippen LogP contribution in [0.2, 0.25) is 0 Å². The molecule has 6 nitrogen and oxygen atoms in total. The maximum Gasteiger partial charge on any atom is 0.334 e. The molecule has 2 rings (SSSR count). The summed E-state index contributed by atoms with van der Waals surface area (Å²) in [6.07, 6.45) is 0. The van der Waals surface area contributed by atoms with Gasteiger partial charge in [0.1, 0.15) is 11.5 Å². The Morgan fingerprint density at radius 3 is 2.21 bits per heavy atom. The average Bonchev–Trinajstić information content (AvgIpc) is 2.48. The number of allylic oxidation sites excluding steroid dienone is 2. The quantitative estimate of drug-likeness (QED) is 0.571. The van der Waals surface area contributed by atoms with Crippen LogP contribution in [-0.4, -0.2) is 27.3 Å². The first-order valence-corrected chi connectivity index (χ1v) is 7.21. The molecule has 0 fully saturated rings. The van der Waals surface area contributed by atoms with Crippen LogP contribution in [0.3, 0.4) is 0 Å². The van der Waals surface area contributed by atoms with E-state index in [1.807, 2.05) is 5.16 Å². The molecule has 0 amide bonds. The molecular formula is C16H13FN2O4S. The molecule has 0 aromatic heterocycles. The van der Waals surface area contributed by atoms with Crippen LogP contribution in [0.1, 0.15) is 25.3 Å². The van der Waals surface area contributed by atoms with Crippen molar-refractivity contribution >= 4 is 35.0 Å². The number of hydrogen-bond donors (Lipinski definition) is 3. The molecule has 24 heavy (non-hydrogen) atoms. The Bertz CT molecular complexity index is 818. The largest absolute Gasteiger partial charge is 0.478 e. The Balaban J connectivity index is 2.75. The van der Waals surface area contributed by atoms with Crippen molar-refractivity contribution in [2.45, 2.75) is 19.8 Å². The molecule has 0 saturated carbocycles. The monoisotopic (exact) mass is 348 g/mol. The summed E-state index contributed by atoms with van der Waals surface area (Å²) in [6.45, 7) is 3.08. The highest BCUT2D eigenvalue weighted by Crippen LogP contribution is 2.39. The predicted octanol–water partition coefficient (Wildman–Crippen LogP) is 2.96. The van der Waals surface area contributed by atoms with E-state index in [0.717, 1.165) is 6.07 Å². The van der Waals surface area contributed by atoms with Gasteiger partial charge in [0.15, 0.2) is 0 Å². The number of nitrogens with one attached hydrogen (secondary N) is 1. The summed E-state index contributed by atoms with van der Waals surface area (Å²) in [7, 11) is 0. The summed E-state index contributed by atoms with van der Waals surface area (Å²) in [5.74, 6) is -4.26. The number of aliphatic carboxylic acids is 2. The topological polar surface area (TPSA) is 99.0 Å². The minimum Gasteiger partial charge on any atom is -0.478 e. The lowest BCUT2D eigenvalue weighted by Gasteiger charge is -2.28. The fraction of sp³-hybridized carbons (Fsp3) is 0.188. The van der Waals surface area contributed by atoms with Crippen LogP contribution >= 0.6 is 12.2 Å². The van der Waals surface area contributed by atoms with Crippen molar-refractivity contribution in [3.63, 3.8) is 0 Å². The Morgan fingerprint density at radius 1 is 1.21 bits per heavy atom. The molecule has 0 bridgehead atoms. The molecule has 124 valence electrons. The summed E-state index contributed by atoms with van der Waals surface area (Å²) in [4.78, 5) is 26.9. The number of aliphatic imine (C=N–C) groups is 1. The van der Waals surface area contributed by atoms with Gasteiger partial charge in [0.2, 0.25) is 0 Å². The summed E-state index contributed by atoms with van der Waals surface area (Å²) in [5.41, 5.74) is 0.545. The van der Waals surface area contributed by atoms with Gasteiger partial charge in [0.05, 0.1) is 22.2 Å². The highest BCUT2D eigenvalue weighted by atomic mass is 32.1. The van der Waals surface area contributed by atoms with Gasteiger partial charge in [-0.15, -0.1) is 0 Å². The van der Waals surface area contributed by atoms with Crippen molar-refractivity contribution < 1.29 is 24.2 Å². The fourth-order valence-electron chi connectivity index (χ4n) is 2.74. The SMILES string of the molecule is CC1=C(C(=O)O)C(c2ccc(F)c(N=C=S)c2)C(C(=O)O)=C(C)N1. The Hall–Kier alpha value is -2.83. The lowest BCUT2D eigenvalue weighted by Crippen LogP contribution is -2.31. The van der Waals surface area contributed by atoms with E-state index in [1.165, 1.54) is 26.0 Å². The van der Waals surface area contributed by atoms with Crippen LogP contribution < -0.4 is 5.32 Å². The Kier molecular flexibility index (Phi) is 4.92. The Labute approximate surface area is 142 Å². The number of nitrogens with zero attached hydrogens (tertiary/aromatic N) is 1. The summed E-state index contributed by atoms with van der Waals surface area (Å²) in [5, 5.41) is 23.8. The summed E-state index contributed by atoms with van der Waals surface area (Å²) in [6, 6.07) is 3.70. The molecule has 0 saturated heterocycles. The average molecular weight is 348 g/mol. The molecule has 0 spiro atoms. The van der Waals surface area contributed by atoms with Crippen molar-refractivity contribution in [2.24, 2.45) is 4.99 Å². The third kappa shape index (κ3) is 3.10. The highest BCUT2D eigenvalue weighted by molar-refractivity contribution is 7.78. The molecule has 8 heteroatoms. The van der Waals surface area contributed by atoms with E-state index < -0.39 is 23.7 Å². The lowest BCUT2D eigenvalue weighted by molar-refractivity contribution is -0.133. The number of carbonyl (C=O) groups is 2. The van der Waals surface area contributed by atoms with Crippen molar-refractivity contribution in [2.75, 3.05) is 0 Å². The van der Waals surface area contributed by atoms with Crippen LogP contribution in [-0.2, 0) is 9.59 Å². The van der Waals surface area contributed by atoms with Crippen molar-refractivity contribution in [3.05, 3.63) is 52.1 Å². The third-order valence-electron chi connectivity index (χ3n) is 3.69. The number of thiocarbonyl (C=S) groups is 1. The predicted molar refractivity (Wildman–Crippen MR) is 87.6 cm³/mol. The van der Waals surface area contributed by atoms with E-state index in [2.05, 4.69) is 22.5 Å². The van der Waals surface area contributed by atoms with Gasteiger partial charge < -0.3 is 15.5 Å². The first-order valence-electron chi connectivity index (χ1n) is 6.80. The molecule has 1 aromatic rings. The second kappa shape index (κ2) is 6.74. The van der Waals surface area contributed by atoms with Gasteiger partial charge in [-0.3, -0.25) is 0 Å². The maximum absolute atomic E-state index is 13.7. The van der Waals surface area contributed by atoms with E-state index >= 15 is 0 Å². The molecule has 0 aliphatic carbocycles. The number of carboxylic acid groups (broad SMARTS) is 2. The van der Waals surface area contributed by atoms with E-state index in [1.54, 1.807) is 0 Å². The number of rotatable bonds is 4. The maximum atomic E-state index is 13.7. The standard InChI is InChI=1S/C16H13FN2O4S/c1-7-12(15(20)21)14(13(16(22)23)8(2)19-7)9-3-4-10(17)11(5-9)18-6-24/h3-5,14,19H,1-2H3,(H,20,21)(H,22,23). The number of isothiocyanates is 1. The van der Waals surface area contributed by atoms with Crippen LogP contribution in [0, 0.1) is 5.82 Å². The first-order chi connectivity index (χ1) is 11.3. The Morgan fingerprint density at radius 2 is 1.75 bits per heavy atom. The van der Waals surface area contributed by atoms with Gasteiger partial charge in [0, 0.05) is 11.4 Å². The number of dihydropyridines is 1. The van der Waals surface area contributed by atoms with Crippen molar-refractivity contribution in [1.29, 1.82) is 0 Å². The van der Waals surface area contributed by atoms with Gasteiger partial charge in [-0.05, 0) is 43.8 Å². The molecule has 1 aliphatic rings. The minimum absolute atomic E-state index is 0.123. The molecule has 0 unspecified atom stereocenters. The van der Waals surface area contributed by atoms with E-state index in [4.69, 9.17) is 0 Å². The second-order valence-corrected chi connectivity index (χ2v) is 5.34. The van der Waals surface area contributed by atoms with Crippen LogP contribution in [0.5, 0.6) is 0 Å². The first kappa shape index (κ1) is 17.5. The molecule has 3 N–H and O–H groups in total. The van der Waals surface area contributed by atoms with Gasteiger partial charge in [-0.25, -0.2) is 14.0 Å². The van der Waals surface area contributed by atoms with Crippen LogP contribution in [0.15, 0.2) is 45.7 Å². The third-order valence-corrected chi connectivity index (χ3v) is 3.78. The van der Waals surface area contributed by atoms with E-state index in [0.29, 0.717) is 11.4 Å². The lowest BCUT2D eigenvalue weighted by atomic mass is 9.80. The number of hydrogen-bond acceptors (Lipinski definition) is 5. The van der Waals surface area contributed by atoms with Crippen LogP contribution in [0.25, 0.3) is 0 Å². The van der Waals surface area contributed by atoms with E-state index in [-0.39, 0.29) is 22.4 Å². The second-order valence-electron chi connectivity index (χ2n) is 5.16. The molecule has 1 aromatic carbocycles. The highest BCUT2D eigenvalue weighted by Gasteiger charge is 2.36. The zero-order chi connectivity index (χ0) is 18.0. The molecule has 1 aliphatic heterocycles. The zero-order valence-electron chi connectivity index (χ0n) is 12.8. The summed E-state index contributed by atoms with van der Waals surface area (Å²) < 4.78 is 13.7. The van der Waals surface area contributed by atoms with Crippen molar-refractivity contribution in [1.82, 2.24) is 5.32 Å². The normalized spacial score (nSPS) is 15.0. The molecule has 0 atom stereocenters. The van der Waals surface area contributed by atoms with Crippen molar-refractivity contribution in [3.8, 4) is 0 Å². The van der Waals surface area contributed by atoms with Crippen LogP contribution in [0.4, 0.5) is 10.1 Å². The van der Waals surface area contributed by atoms with E-state index in [9.17, 15) is 24.2 Å². The molecule has 1 heterocycles. The van der Waals surface area contributed by atoms with Gasteiger partial charge in [-0.1, -0.05) is 6.07 Å². The minimum atomic E-state index is -1.26. The number of halogens is 1. The van der Waals surface area contributed by atoms with Gasteiger partial charge in [-0.2, -0.15) is 4.99 Å². The number of benzene rings is 1. The zero-order valence-corrected chi connectivity index (χ0v) is 13.6. The summed E-state index contributed by atoms with van der Waals surface area (Å²) >= 11 is 4.46. The molecular weight excluding hydrogens is 335 g/mol. The van der Waals surface area contributed by atoms with Gasteiger partial charge >= 0.3 is 11.9 Å².